The van der Waals surface area contributed by atoms with Crippen LogP contribution >= 0.6 is 0 Å². The Labute approximate surface area is 123 Å². The van der Waals surface area contributed by atoms with Crippen LogP contribution in [0.15, 0.2) is 24.4 Å². The third-order valence-electron chi connectivity index (χ3n) is 3.61. The first-order chi connectivity index (χ1) is 10.1. The highest BCUT2D eigenvalue weighted by Gasteiger charge is 2.24. The van der Waals surface area contributed by atoms with Gasteiger partial charge in [-0.25, -0.2) is 14.4 Å². The summed E-state index contributed by atoms with van der Waals surface area (Å²) in [6.07, 6.45) is 1.69. The van der Waals surface area contributed by atoms with Gasteiger partial charge in [-0.15, -0.1) is 0 Å². The highest BCUT2D eigenvalue weighted by molar-refractivity contribution is 5.72. The van der Waals surface area contributed by atoms with E-state index in [4.69, 9.17) is 4.74 Å². The molecule has 0 N–H and O–H groups in total. The molecule has 0 aliphatic carbocycles. The molecule has 2 aromatic rings. The first-order valence-electron chi connectivity index (χ1n) is 7.09. The van der Waals surface area contributed by atoms with Gasteiger partial charge in [-0.05, 0) is 39.0 Å². The lowest BCUT2D eigenvalue weighted by Gasteiger charge is -2.34. The fourth-order valence-electron chi connectivity index (χ4n) is 2.60. The van der Waals surface area contributed by atoms with Crippen molar-refractivity contribution in [2.24, 2.45) is 0 Å². The fourth-order valence-corrected chi connectivity index (χ4v) is 2.60. The molecule has 5 heteroatoms. The number of hydrogen-bond acceptors (Lipinski definition) is 4. The van der Waals surface area contributed by atoms with E-state index >= 15 is 0 Å². The fraction of sp³-hybridized carbons (Fsp3) is 0.375. The summed E-state index contributed by atoms with van der Waals surface area (Å²) in [6.45, 7) is 7.27. The number of anilines is 1. The van der Waals surface area contributed by atoms with Crippen molar-refractivity contribution in [3.8, 4) is 17.0 Å². The highest BCUT2D eigenvalue weighted by Crippen LogP contribution is 2.38. The lowest BCUT2D eigenvalue weighted by Crippen LogP contribution is -2.38. The van der Waals surface area contributed by atoms with E-state index in [0.717, 1.165) is 23.5 Å². The van der Waals surface area contributed by atoms with Gasteiger partial charge < -0.3 is 9.64 Å². The van der Waals surface area contributed by atoms with Crippen LogP contribution in [0.2, 0.25) is 0 Å². The second kappa shape index (κ2) is 5.31. The molecule has 110 valence electrons. The second-order valence-corrected chi connectivity index (χ2v) is 5.43. The maximum absolute atomic E-state index is 14.4. The molecule has 0 spiro atoms. The van der Waals surface area contributed by atoms with Gasteiger partial charge in [-0.1, -0.05) is 0 Å². The molecule has 1 aromatic carbocycles. The van der Waals surface area contributed by atoms with Crippen LogP contribution in [0.3, 0.4) is 0 Å². The Hall–Kier alpha value is -2.17. The quantitative estimate of drug-likeness (QED) is 0.850. The van der Waals surface area contributed by atoms with Gasteiger partial charge in [0.1, 0.15) is 12.4 Å². The van der Waals surface area contributed by atoms with Crippen molar-refractivity contribution in [3.05, 3.63) is 36.0 Å². The number of aryl methyl sites for hydroxylation is 1. The average Bonchev–Trinajstić information content (AvgIpc) is 2.46. The van der Waals surface area contributed by atoms with E-state index in [0.29, 0.717) is 18.2 Å². The SMILES string of the molecule is Cc1nccc(-c2cc(F)c3c(c2)N(C(C)C)CCO3)n1. The van der Waals surface area contributed by atoms with Crippen molar-refractivity contribution >= 4 is 5.69 Å². The number of rotatable bonds is 2. The van der Waals surface area contributed by atoms with Gasteiger partial charge in [0.15, 0.2) is 11.6 Å². The molecule has 0 bridgehead atoms. The summed E-state index contributed by atoms with van der Waals surface area (Å²) < 4.78 is 19.9. The highest BCUT2D eigenvalue weighted by atomic mass is 19.1. The zero-order valence-corrected chi connectivity index (χ0v) is 12.4. The second-order valence-electron chi connectivity index (χ2n) is 5.43. The Morgan fingerprint density at radius 2 is 2.14 bits per heavy atom. The molecular weight excluding hydrogens is 269 g/mol. The lowest BCUT2D eigenvalue weighted by molar-refractivity contribution is 0.287. The number of nitrogens with zero attached hydrogens (tertiary/aromatic N) is 3. The van der Waals surface area contributed by atoms with Crippen LogP contribution in [0.4, 0.5) is 10.1 Å². The largest absolute Gasteiger partial charge is 0.486 e. The van der Waals surface area contributed by atoms with Crippen LogP contribution in [0.1, 0.15) is 19.7 Å². The van der Waals surface area contributed by atoms with Gasteiger partial charge >= 0.3 is 0 Å². The van der Waals surface area contributed by atoms with E-state index in [-0.39, 0.29) is 11.9 Å². The molecule has 0 saturated carbocycles. The van der Waals surface area contributed by atoms with Crippen LogP contribution in [0, 0.1) is 12.7 Å². The molecule has 21 heavy (non-hydrogen) atoms. The predicted octanol–water partition coefficient (Wildman–Crippen LogP) is 3.20. The van der Waals surface area contributed by atoms with Crippen molar-refractivity contribution in [3.63, 3.8) is 0 Å². The first-order valence-corrected chi connectivity index (χ1v) is 7.09. The topological polar surface area (TPSA) is 38.2 Å². The Kier molecular flexibility index (Phi) is 3.49. The summed E-state index contributed by atoms with van der Waals surface area (Å²) in [7, 11) is 0. The zero-order valence-electron chi connectivity index (χ0n) is 12.4. The van der Waals surface area contributed by atoms with E-state index in [1.807, 2.05) is 13.0 Å². The van der Waals surface area contributed by atoms with Crippen LogP contribution in [-0.4, -0.2) is 29.2 Å². The van der Waals surface area contributed by atoms with Gasteiger partial charge in [0, 0.05) is 17.8 Å². The smallest absolute Gasteiger partial charge is 0.178 e. The minimum absolute atomic E-state index is 0.287. The number of halogens is 1. The lowest BCUT2D eigenvalue weighted by atomic mass is 10.1. The molecule has 0 unspecified atom stereocenters. The van der Waals surface area contributed by atoms with Gasteiger partial charge in [-0.3, -0.25) is 0 Å². The van der Waals surface area contributed by atoms with Crippen LogP contribution < -0.4 is 9.64 Å². The van der Waals surface area contributed by atoms with Crippen molar-refractivity contribution in [1.29, 1.82) is 0 Å². The van der Waals surface area contributed by atoms with Crippen molar-refractivity contribution in [2.75, 3.05) is 18.1 Å². The van der Waals surface area contributed by atoms with E-state index in [2.05, 4.69) is 28.7 Å². The van der Waals surface area contributed by atoms with Gasteiger partial charge in [0.05, 0.1) is 17.9 Å². The predicted molar refractivity (Wildman–Crippen MR) is 80.1 cm³/mol. The summed E-state index contributed by atoms with van der Waals surface area (Å²) in [5, 5.41) is 0. The molecule has 1 aliphatic heterocycles. The number of fused-ring (bicyclic) bond motifs is 1. The van der Waals surface area contributed by atoms with E-state index < -0.39 is 0 Å². The maximum Gasteiger partial charge on any atom is 0.178 e. The summed E-state index contributed by atoms with van der Waals surface area (Å²) >= 11 is 0. The van der Waals surface area contributed by atoms with Crippen LogP contribution in [-0.2, 0) is 0 Å². The summed E-state index contributed by atoms with van der Waals surface area (Å²) in [4.78, 5) is 10.6. The molecule has 2 heterocycles. The van der Waals surface area contributed by atoms with Gasteiger partial charge in [-0.2, -0.15) is 0 Å². The zero-order chi connectivity index (χ0) is 15.0. The molecule has 1 aromatic heterocycles. The Morgan fingerprint density at radius 3 is 2.86 bits per heavy atom. The van der Waals surface area contributed by atoms with Crippen molar-refractivity contribution in [2.45, 2.75) is 26.8 Å². The summed E-state index contributed by atoms with van der Waals surface area (Å²) in [6, 6.07) is 5.50. The number of hydrogen-bond donors (Lipinski definition) is 0. The molecule has 0 atom stereocenters. The summed E-state index contributed by atoms with van der Waals surface area (Å²) in [5.41, 5.74) is 2.26. The van der Waals surface area contributed by atoms with Crippen LogP contribution in [0.5, 0.6) is 5.75 Å². The van der Waals surface area contributed by atoms with Gasteiger partial charge in [0.2, 0.25) is 0 Å². The Bertz CT molecular complexity index is 673. The van der Waals surface area contributed by atoms with Crippen LogP contribution in [0.25, 0.3) is 11.3 Å². The number of ether oxygens (including phenoxy) is 1. The molecule has 3 rings (SSSR count). The average molecular weight is 287 g/mol. The van der Waals surface area contributed by atoms with Crippen molar-refractivity contribution in [1.82, 2.24) is 9.97 Å². The normalized spacial score (nSPS) is 14.0. The molecule has 1 aliphatic rings. The molecular formula is C16H18FN3O. The molecule has 0 radical (unpaired) electrons. The van der Waals surface area contributed by atoms with E-state index in [1.165, 1.54) is 6.07 Å². The minimum atomic E-state index is -0.343. The maximum atomic E-state index is 14.4. The molecule has 0 fully saturated rings. The van der Waals surface area contributed by atoms with E-state index in [1.54, 1.807) is 12.3 Å². The first kappa shape index (κ1) is 13.8. The standard InChI is InChI=1S/C16H18FN3O/c1-10(2)20-6-7-21-16-13(17)8-12(9-15(16)20)14-4-5-18-11(3)19-14/h4-5,8-10H,6-7H2,1-3H3. The molecule has 4 nitrogen and oxygen atoms in total. The number of benzene rings is 1. The summed E-state index contributed by atoms with van der Waals surface area (Å²) in [5.74, 6) is 0.663. The van der Waals surface area contributed by atoms with Crippen molar-refractivity contribution < 1.29 is 9.13 Å². The number of aromatic nitrogens is 2. The minimum Gasteiger partial charge on any atom is -0.486 e. The third-order valence-corrected chi connectivity index (χ3v) is 3.61. The Morgan fingerprint density at radius 1 is 1.33 bits per heavy atom. The molecule has 0 saturated heterocycles. The van der Waals surface area contributed by atoms with Gasteiger partial charge in [0.25, 0.3) is 0 Å². The monoisotopic (exact) mass is 287 g/mol. The van der Waals surface area contributed by atoms with E-state index in [9.17, 15) is 4.39 Å². The Balaban J connectivity index is 2.13. The third kappa shape index (κ3) is 2.55. The molecule has 0 amide bonds.